The molecule has 0 rings (SSSR count). The molecule has 0 aromatic heterocycles. The molecule has 0 aromatic carbocycles. The molecule has 1 unspecified atom stereocenters. The Bertz CT molecular complexity index is 144. The average molecular weight is 172 g/mol. The lowest BCUT2D eigenvalue weighted by Crippen LogP contribution is -2.48. The Morgan fingerprint density at radius 2 is 2.17 bits per heavy atom. The molecule has 0 spiro atoms. The van der Waals surface area contributed by atoms with Crippen molar-refractivity contribution in [2.75, 3.05) is 13.6 Å². The SMILES string of the molecule is CCC(C)N(CC)C(=NC)NN. The zero-order valence-corrected chi connectivity index (χ0v) is 8.46. The van der Waals surface area contributed by atoms with Crippen molar-refractivity contribution in [3.63, 3.8) is 0 Å². The summed E-state index contributed by atoms with van der Waals surface area (Å²) in [6.07, 6.45) is 1.09. The van der Waals surface area contributed by atoms with E-state index >= 15 is 0 Å². The Labute approximate surface area is 74.8 Å². The summed E-state index contributed by atoms with van der Waals surface area (Å²) in [5, 5.41) is 0. The number of guanidine groups is 1. The van der Waals surface area contributed by atoms with Gasteiger partial charge in [-0.1, -0.05) is 6.92 Å². The molecule has 1 atom stereocenters. The molecule has 3 N–H and O–H groups in total. The fourth-order valence-electron chi connectivity index (χ4n) is 1.17. The molecule has 0 saturated heterocycles. The lowest BCUT2D eigenvalue weighted by Gasteiger charge is -2.29. The molecule has 0 aliphatic carbocycles. The first kappa shape index (κ1) is 11.2. The molecule has 0 bridgehead atoms. The molecular weight excluding hydrogens is 152 g/mol. The Morgan fingerprint density at radius 1 is 1.58 bits per heavy atom. The molecule has 0 fully saturated rings. The number of hydrogen-bond acceptors (Lipinski definition) is 2. The van der Waals surface area contributed by atoms with Crippen LogP contribution in [0.2, 0.25) is 0 Å². The Balaban J connectivity index is 4.31. The minimum absolute atomic E-state index is 0.477. The highest BCUT2D eigenvalue weighted by molar-refractivity contribution is 5.79. The van der Waals surface area contributed by atoms with Crippen LogP contribution in [0.1, 0.15) is 27.2 Å². The third-order valence-electron chi connectivity index (χ3n) is 2.08. The number of aliphatic imine (C=N–C) groups is 1. The van der Waals surface area contributed by atoms with Crippen LogP contribution in [-0.2, 0) is 0 Å². The Morgan fingerprint density at radius 3 is 2.42 bits per heavy atom. The van der Waals surface area contributed by atoms with Crippen molar-refractivity contribution in [1.82, 2.24) is 10.3 Å². The first-order valence-corrected chi connectivity index (χ1v) is 4.41. The van der Waals surface area contributed by atoms with Crippen LogP contribution < -0.4 is 11.3 Å². The fourth-order valence-corrected chi connectivity index (χ4v) is 1.17. The van der Waals surface area contributed by atoms with E-state index in [2.05, 4.69) is 36.1 Å². The largest absolute Gasteiger partial charge is 0.340 e. The van der Waals surface area contributed by atoms with Crippen molar-refractivity contribution < 1.29 is 0 Å². The van der Waals surface area contributed by atoms with Crippen LogP contribution in [0.5, 0.6) is 0 Å². The van der Waals surface area contributed by atoms with E-state index in [-0.39, 0.29) is 0 Å². The minimum atomic E-state index is 0.477. The quantitative estimate of drug-likeness (QED) is 0.283. The smallest absolute Gasteiger partial charge is 0.208 e. The summed E-state index contributed by atoms with van der Waals surface area (Å²) in [5.74, 6) is 6.09. The lowest BCUT2D eigenvalue weighted by molar-refractivity contribution is 0.325. The van der Waals surface area contributed by atoms with E-state index in [0.29, 0.717) is 6.04 Å². The Hall–Kier alpha value is -0.770. The fraction of sp³-hybridized carbons (Fsp3) is 0.875. The summed E-state index contributed by atoms with van der Waals surface area (Å²) >= 11 is 0. The first-order chi connectivity index (χ1) is 5.71. The van der Waals surface area contributed by atoms with Gasteiger partial charge in [0.25, 0.3) is 0 Å². The van der Waals surface area contributed by atoms with Crippen molar-refractivity contribution in [3.05, 3.63) is 0 Å². The van der Waals surface area contributed by atoms with Crippen LogP contribution in [0.15, 0.2) is 4.99 Å². The number of nitrogens with zero attached hydrogens (tertiary/aromatic N) is 2. The number of nitrogens with two attached hydrogens (primary N) is 1. The molecule has 0 amide bonds. The van der Waals surface area contributed by atoms with Gasteiger partial charge in [0.1, 0.15) is 0 Å². The predicted octanol–water partition coefficient (Wildman–Crippen LogP) is 0.556. The second-order valence-corrected chi connectivity index (χ2v) is 2.73. The van der Waals surface area contributed by atoms with E-state index in [1.54, 1.807) is 7.05 Å². The van der Waals surface area contributed by atoms with Crippen molar-refractivity contribution in [2.24, 2.45) is 10.8 Å². The summed E-state index contributed by atoms with van der Waals surface area (Å²) in [7, 11) is 1.74. The Kier molecular flexibility index (Phi) is 5.45. The standard InChI is InChI=1S/C8H20N4/c1-5-7(3)12(6-2)8(10-4)11-9/h7H,5-6,9H2,1-4H3,(H,10,11). The highest BCUT2D eigenvalue weighted by Crippen LogP contribution is 2.02. The number of hydrogen-bond donors (Lipinski definition) is 2. The van der Waals surface area contributed by atoms with Crippen LogP contribution in [0.4, 0.5) is 0 Å². The molecular formula is C8H20N4. The minimum Gasteiger partial charge on any atom is -0.340 e. The van der Waals surface area contributed by atoms with E-state index < -0.39 is 0 Å². The maximum atomic E-state index is 5.33. The molecule has 0 aliphatic heterocycles. The summed E-state index contributed by atoms with van der Waals surface area (Å²) in [6, 6.07) is 0.477. The van der Waals surface area contributed by atoms with Crippen molar-refractivity contribution in [3.8, 4) is 0 Å². The van der Waals surface area contributed by atoms with Gasteiger partial charge >= 0.3 is 0 Å². The number of hydrazine groups is 1. The third kappa shape index (κ3) is 2.70. The topological polar surface area (TPSA) is 53.6 Å². The van der Waals surface area contributed by atoms with Gasteiger partial charge in [-0.2, -0.15) is 0 Å². The van der Waals surface area contributed by atoms with Crippen LogP contribution in [0, 0.1) is 0 Å². The molecule has 0 aliphatic rings. The van der Waals surface area contributed by atoms with Gasteiger partial charge in [0.2, 0.25) is 5.96 Å². The molecule has 4 heteroatoms. The molecule has 0 heterocycles. The molecule has 0 aromatic rings. The van der Waals surface area contributed by atoms with Gasteiger partial charge in [0.15, 0.2) is 0 Å². The van der Waals surface area contributed by atoms with Crippen LogP contribution in [-0.4, -0.2) is 30.5 Å². The third-order valence-corrected chi connectivity index (χ3v) is 2.08. The van der Waals surface area contributed by atoms with Crippen LogP contribution >= 0.6 is 0 Å². The molecule has 0 radical (unpaired) electrons. The van der Waals surface area contributed by atoms with Gasteiger partial charge in [0, 0.05) is 19.6 Å². The predicted molar refractivity (Wildman–Crippen MR) is 52.8 cm³/mol. The normalized spacial score (nSPS) is 14.2. The average Bonchev–Trinajstić information content (AvgIpc) is 2.12. The van der Waals surface area contributed by atoms with Crippen LogP contribution in [0.25, 0.3) is 0 Å². The highest BCUT2D eigenvalue weighted by atomic mass is 15.4. The monoisotopic (exact) mass is 172 g/mol. The van der Waals surface area contributed by atoms with Gasteiger partial charge < -0.3 is 4.90 Å². The second kappa shape index (κ2) is 5.83. The van der Waals surface area contributed by atoms with Crippen molar-refractivity contribution in [2.45, 2.75) is 33.2 Å². The van der Waals surface area contributed by atoms with Crippen LogP contribution in [0.3, 0.4) is 0 Å². The maximum Gasteiger partial charge on any atom is 0.208 e. The van der Waals surface area contributed by atoms with Gasteiger partial charge in [-0.25, -0.2) is 5.84 Å². The lowest BCUT2D eigenvalue weighted by atomic mass is 10.2. The molecule has 72 valence electrons. The molecule has 12 heavy (non-hydrogen) atoms. The zero-order chi connectivity index (χ0) is 9.56. The summed E-state index contributed by atoms with van der Waals surface area (Å²) < 4.78 is 0. The second-order valence-electron chi connectivity index (χ2n) is 2.73. The summed E-state index contributed by atoms with van der Waals surface area (Å²) in [5.41, 5.74) is 2.59. The zero-order valence-electron chi connectivity index (χ0n) is 8.46. The van der Waals surface area contributed by atoms with Crippen molar-refractivity contribution >= 4 is 5.96 Å². The molecule has 4 nitrogen and oxygen atoms in total. The van der Waals surface area contributed by atoms with E-state index in [1.165, 1.54) is 0 Å². The van der Waals surface area contributed by atoms with E-state index in [4.69, 9.17) is 5.84 Å². The van der Waals surface area contributed by atoms with Crippen molar-refractivity contribution in [1.29, 1.82) is 0 Å². The number of rotatable bonds is 3. The summed E-state index contributed by atoms with van der Waals surface area (Å²) in [6.45, 7) is 7.32. The van der Waals surface area contributed by atoms with E-state index in [1.807, 2.05) is 0 Å². The van der Waals surface area contributed by atoms with Gasteiger partial charge in [-0.3, -0.25) is 10.4 Å². The maximum absolute atomic E-state index is 5.33. The van der Waals surface area contributed by atoms with Gasteiger partial charge in [-0.15, -0.1) is 0 Å². The van der Waals surface area contributed by atoms with E-state index in [9.17, 15) is 0 Å². The number of nitrogens with one attached hydrogen (secondary N) is 1. The molecule has 0 saturated carbocycles. The van der Waals surface area contributed by atoms with E-state index in [0.717, 1.165) is 18.9 Å². The van der Waals surface area contributed by atoms with Gasteiger partial charge in [0.05, 0.1) is 0 Å². The first-order valence-electron chi connectivity index (χ1n) is 4.41. The van der Waals surface area contributed by atoms with Gasteiger partial charge in [-0.05, 0) is 20.3 Å². The highest BCUT2D eigenvalue weighted by Gasteiger charge is 2.12. The summed E-state index contributed by atoms with van der Waals surface area (Å²) in [4.78, 5) is 6.19.